The van der Waals surface area contributed by atoms with Crippen molar-refractivity contribution >= 4 is 15.5 Å². The summed E-state index contributed by atoms with van der Waals surface area (Å²) in [5, 5.41) is 0. The molecule has 2 rings (SSSR count). The van der Waals surface area contributed by atoms with Gasteiger partial charge in [0.2, 0.25) is 0 Å². The second-order valence-electron chi connectivity index (χ2n) is 4.37. The Morgan fingerprint density at radius 1 is 1.24 bits per heavy atom. The lowest BCUT2D eigenvalue weighted by molar-refractivity contribution is 0.597. The molecule has 0 unspecified atom stereocenters. The molecule has 0 saturated carbocycles. The Kier molecular flexibility index (Phi) is 3.69. The van der Waals surface area contributed by atoms with Crippen molar-refractivity contribution in [2.75, 3.05) is 29.5 Å². The second kappa shape index (κ2) is 5.06. The van der Waals surface area contributed by atoms with Crippen LogP contribution in [0.25, 0.3) is 0 Å². The summed E-state index contributed by atoms with van der Waals surface area (Å²) >= 11 is 0. The van der Waals surface area contributed by atoms with Crippen LogP contribution in [-0.4, -0.2) is 33.0 Å². The summed E-state index contributed by atoms with van der Waals surface area (Å²) in [5.41, 5.74) is 7.76. The first-order valence-corrected chi connectivity index (χ1v) is 7.67. The molecular weight excluding hydrogens is 236 g/mol. The Morgan fingerprint density at radius 3 is 2.82 bits per heavy atom. The summed E-state index contributed by atoms with van der Waals surface area (Å²) in [5.74, 6) is 0.555. The van der Waals surface area contributed by atoms with Gasteiger partial charge < -0.3 is 10.6 Å². The lowest BCUT2D eigenvalue weighted by atomic mass is 10.2. The lowest BCUT2D eigenvalue weighted by Crippen LogP contribution is -2.26. The molecule has 1 heterocycles. The number of nitrogens with zero attached hydrogens (tertiary/aromatic N) is 1. The Balaban J connectivity index is 2.16. The molecular formula is C12H18N2O2S. The molecule has 1 aromatic carbocycles. The van der Waals surface area contributed by atoms with Gasteiger partial charge in [0.05, 0.1) is 11.5 Å². The largest absolute Gasteiger partial charge is 0.370 e. The molecule has 0 aliphatic carbocycles. The number of hydrogen-bond acceptors (Lipinski definition) is 4. The molecule has 1 aliphatic heterocycles. The van der Waals surface area contributed by atoms with Crippen LogP contribution in [-0.2, 0) is 16.4 Å². The summed E-state index contributed by atoms with van der Waals surface area (Å²) < 4.78 is 23.0. The summed E-state index contributed by atoms with van der Waals surface area (Å²) in [6, 6.07) is 8.00. The molecule has 1 saturated heterocycles. The molecule has 0 spiro atoms. The molecule has 1 aliphatic rings. The Morgan fingerprint density at radius 2 is 2.06 bits per heavy atom. The maximum atomic E-state index is 11.5. The molecule has 4 nitrogen and oxygen atoms in total. The number of nitrogens with two attached hydrogens (primary N) is 1. The highest BCUT2D eigenvalue weighted by Crippen LogP contribution is 2.18. The van der Waals surface area contributed by atoms with E-state index in [1.807, 2.05) is 24.3 Å². The fourth-order valence-corrected chi connectivity index (χ4v) is 3.35. The van der Waals surface area contributed by atoms with Crippen molar-refractivity contribution in [1.82, 2.24) is 0 Å². The zero-order chi connectivity index (χ0) is 12.3. The van der Waals surface area contributed by atoms with Crippen LogP contribution in [0.3, 0.4) is 0 Å². The zero-order valence-corrected chi connectivity index (χ0v) is 10.6. The van der Waals surface area contributed by atoms with Crippen LogP contribution >= 0.6 is 0 Å². The van der Waals surface area contributed by atoms with Crippen LogP contribution in [0.5, 0.6) is 0 Å². The maximum absolute atomic E-state index is 11.5. The first-order valence-electron chi connectivity index (χ1n) is 5.85. The summed E-state index contributed by atoms with van der Waals surface area (Å²) in [6.07, 6.45) is 0.704. The maximum Gasteiger partial charge on any atom is 0.152 e. The van der Waals surface area contributed by atoms with Gasteiger partial charge in [0.1, 0.15) is 0 Å². The van der Waals surface area contributed by atoms with Crippen molar-refractivity contribution in [2.24, 2.45) is 5.73 Å². The summed E-state index contributed by atoms with van der Waals surface area (Å²) in [4.78, 5) is 2.13. The normalized spacial score (nSPS) is 19.9. The molecule has 0 atom stereocenters. The number of benzene rings is 1. The number of sulfone groups is 1. The quantitative estimate of drug-likeness (QED) is 0.846. The van der Waals surface area contributed by atoms with E-state index in [2.05, 4.69) is 4.90 Å². The van der Waals surface area contributed by atoms with Gasteiger partial charge in [-0.05, 0) is 24.1 Å². The molecule has 0 bridgehead atoms. The van der Waals surface area contributed by atoms with Crippen LogP contribution in [0.1, 0.15) is 12.0 Å². The molecule has 5 heteroatoms. The highest BCUT2D eigenvalue weighted by atomic mass is 32.2. The first kappa shape index (κ1) is 12.4. The van der Waals surface area contributed by atoms with Gasteiger partial charge in [-0.1, -0.05) is 12.1 Å². The Bertz CT molecular complexity index is 485. The van der Waals surface area contributed by atoms with Gasteiger partial charge in [0.15, 0.2) is 9.84 Å². The van der Waals surface area contributed by atoms with E-state index in [0.29, 0.717) is 25.3 Å². The van der Waals surface area contributed by atoms with Crippen LogP contribution in [0.2, 0.25) is 0 Å². The third kappa shape index (κ3) is 3.20. The topological polar surface area (TPSA) is 63.4 Å². The molecule has 1 fully saturated rings. The van der Waals surface area contributed by atoms with Gasteiger partial charge in [-0.2, -0.15) is 0 Å². The van der Waals surface area contributed by atoms with Gasteiger partial charge >= 0.3 is 0 Å². The van der Waals surface area contributed by atoms with Gasteiger partial charge in [0.25, 0.3) is 0 Å². The number of hydrogen-bond donors (Lipinski definition) is 1. The molecule has 0 radical (unpaired) electrons. The van der Waals surface area contributed by atoms with Gasteiger partial charge in [-0.15, -0.1) is 0 Å². The van der Waals surface area contributed by atoms with Crippen LogP contribution in [0, 0.1) is 0 Å². The van der Waals surface area contributed by atoms with E-state index in [0.717, 1.165) is 17.8 Å². The fraction of sp³-hybridized carbons (Fsp3) is 0.500. The summed E-state index contributed by atoms with van der Waals surface area (Å²) in [7, 11) is -2.84. The smallest absolute Gasteiger partial charge is 0.152 e. The SMILES string of the molecule is NCc1cccc(N2CCCS(=O)(=O)CC2)c1. The molecule has 1 aromatic rings. The van der Waals surface area contributed by atoms with E-state index < -0.39 is 9.84 Å². The highest BCUT2D eigenvalue weighted by Gasteiger charge is 2.19. The van der Waals surface area contributed by atoms with E-state index in [4.69, 9.17) is 5.73 Å². The minimum Gasteiger partial charge on any atom is -0.370 e. The van der Waals surface area contributed by atoms with Crippen molar-refractivity contribution in [3.8, 4) is 0 Å². The van der Waals surface area contributed by atoms with Crippen molar-refractivity contribution < 1.29 is 8.42 Å². The third-order valence-electron chi connectivity index (χ3n) is 3.07. The van der Waals surface area contributed by atoms with Crippen molar-refractivity contribution in [1.29, 1.82) is 0 Å². The monoisotopic (exact) mass is 254 g/mol. The Labute approximate surface area is 102 Å². The highest BCUT2D eigenvalue weighted by molar-refractivity contribution is 7.91. The third-order valence-corrected chi connectivity index (χ3v) is 4.78. The van der Waals surface area contributed by atoms with E-state index in [1.54, 1.807) is 0 Å². The minimum atomic E-state index is -2.84. The number of anilines is 1. The van der Waals surface area contributed by atoms with Crippen LogP contribution in [0.4, 0.5) is 5.69 Å². The molecule has 94 valence electrons. The molecule has 17 heavy (non-hydrogen) atoms. The van der Waals surface area contributed by atoms with Crippen LogP contribution in [0.15, 0.2) is 24.3 Å². The Hall–Kier alpha value is -1.07. The minimum absolute atomic E-state index is 0.250. The second-order valence-corrected chi connectivity index (χ2v) is 6.67. The van der Waals surface area contributed by atoms with E-state index in [-0.39, 0.29) is 5.75 Å². The standard InChI is InChI=1S/C12H18N2O2S/c13-10-11-3-1-4-12(9-11)14-5-2-7-17(15,16)8-6-14/h1,3-4,9H,2,5-8,10,13H2. The van der Waals surface area contributed by atoms with E-state index in [1.165, 1.54) is 0 Å². The van der Waals surface area contributed by atoms with E-state index in [9.17, 15) is 8.42 Å². The number of rotatable bonds is 2. The average Bonchev–Trinajstić information content (AvgIpc) is 2.50. The predicted molar refractivity (Wildman–Crippen MR) is 69.8 cm³/mol. The van der Waals surface area contributed by atoms with Gasteiger partial charge in [0, 0.05) is 25.3 Å². The summed E-state index contributed by atoms with van der Waals surface area (Å²) in [6.45, 7) is 1.89. The predicted octanol–water partition coefficient (Wildman–Crippen LogP) is 0.770. The van der Waals surface area contributed by atoms with E-state index >= 15 is 0 Å². The van der Waals surface area contributed by atoms with Crippen molar-refractivity contribution in [2.45, 2.75) is 13.0 Å². The average molecular weight is 254 g/mol. The molecule has 0 amide bonds. The first-order chi connectivity index (χ1) is 8.11. The van der Waals surface area contributed by atoms with Gasteiger partial charge in [-0.3, -0.25) is 0 Å². The fourth-order valence-electron chi connectivity index (χ4n) is 2.08. The lowest BCUT2D eigenvalue weighted by Gasteiger charge is -2.22. The molecule has 0 aromatic heterocycles. The van der Waals surface area contributed by atoms with Gasteiger partial charge in [-0.25, -0.2) is 8.42 Å². The van der Waals surface area contributed by atoms with Crippen molar-refractivity contribution in [3.05, 3.63) is 29.8 Å². The molecule has 2 N–H and O–H groups in total. The zero-order valence-electron chi connectivity index (χ0n) is 9.80. The van der Waals surface area contributed by atoms with Crippen molar-refractivity contribution in [3.63, 3.8) is 0 Å². The van der Waals surface area contributed by atoms with Crippen LogP contribution < -0.4 is 10.6 Å².